The van der Waals surface area contributed by atoms with Crippen LogP contribution >= 0.6 is 0 Å². The number of carbonyl (C=O) groups is 1. The number of nitrogens with zero attached hydrogens (tertiary/aromatic N) is 4. The van der Waals surface area contributed by atoms with Gasteiger partial charge in [-0.3, -0.25) is 4.79 Å². The van der Waals surface area contributed by atoms with Crippen LogP contribution in [0, 0.1) is 0 Å². The molecule has 26 heavy (non-hydrogen) atoms. The number of anilines is 1. The molecule has 0 bridgehead atoms. The molecule has 0 aromatic carbocycles. The summed E-state index contributed by atoms with van der Waals surface area (Å²) in [5.74, 6) is 2.05. The number of nitrogens with one attached hydrogen (secondary N) is 1. The average molecular weight is 353 g/mol. The van der Waals surface area contributed by atoms with E-state index >= 15 is 0 Å². The molecule has 8 nitrogen and oxygen atoms in total. The Labute approximate surface area is 150 Å². The predicted molar refractivity (Wildman–Crippen MR) is 93.5 cm³/mol. The molecule has 3 aromatic rings. The van der Waals surface area contributed by atoms with Crippen molar-refractivity contribution in [2.75, 3.05) is 18.0 Å². The third-order valence-electron chi connectivity index (χ3n) is 4.28. The van der Waals surface area contributed by atoms with Crippen molar-refractivity contribution in [2.24, 2.45) is 0 Å². The van der Waals surface area contributed by atoms with E-state index in [1.54, 1.807) is 24.4 Å². The standard InChI is InChI=1S/C18H19N5O3/c24-18(13-11-15(26-22-13)14-5-4-10-25-14)20-12-16-19-7-6-17(21-16)23-8-2-1-3-9-23/h4-7,10-11H,1-3,8-9,12H2,(H,20,24). The zero-order valence-electron chi connectivity index (χ0n) is 14.2. The molecule has 0 spiro atoms. The number of piperidine rings is 1. The van der Waals surface area contributed by atoms with E-state index in [2.05, 4.69) is 25.3 Å². The molecule has 0 atom stereocenters. The lowest BCUT2D eigenvalue weighted by atomic mass is 10.1. The van der Waals surface area contributed by atoms with Crippen molar-refractivity contribution >= 4 is 11.7 Å². The van der Waals surface area contributed by atoms with E-state index in [1.165, 1.54) is 25.5 Å². The molecule has 3 aromatic heterocycles. The van der Waals surface area contributed by atoms with E-state index in [0.717, 1.165) is 18.9 Å². The summed E-state index contributed by atoms with van der Waals surface area (Å²) in [7, 11) is 0. The Kier molecular flexibility index (Phi) is 4.63. The highest BCUT2D eigenvalue weighted by Crippen LogP contribution is 2.20. The Morgan fingerprint density at radius 1 is 1.19 bits per heavy atom. The number of aromatic nitrogens is 3. The van der Waals surface area contributed by atoms with Crippen LogP contribution in [0.25, 0.3) is 11.5 Å². The Bertz CT molecular complexity index is 869. The maximum absolute atomic E-state index is 12.3. The molecule has 1 amide bonds. The highest BCUT2D eigenvalue weighted by atomic mass is 16.5. The predicted octanol–water partition coefficient (Wildman–Crippen LogP) is 2.64. The van der Waals surface area contributed by atoms with Gasteiger partial charge in [0.2, 0.25) is 5.76 Å². The highest BCUT2D eigenvalue weighted by molar-refractivity contribution is 5.92. The summed E-state index contributed by atoms with van der Waals surface area (Å²) < 4.78 is 10.4. The van der Waals surface area contributed by atoms with Gasteiger partial charge < -0.3 is 19.2 Å². The molecule has 1 saturated heterocycles. The molecule has 1 aliphatic rings. The number of amides is 1. The fourth-order valence-electron chi connectivity index (χ4n) is 2.94. The minimum Gasteiger partial charge on any atom is -0.461 e. The average Bonchev–Trinajstić information content (AvgIpc) is 3.38. The van der Waals surface area contributed by atoms with Crippen LogP contribution in [0.5, 0.6) is 0 Å². The smallest absolute Gasteiger partial charge is 0.273 e. The second-order valence-electron chi connectivity index (χ2n) is 6.12. The van der Waals surface area contributed by atoms with Gasteiger partial charge in [0.1, 0.15) is 11.6 Å². The Morgan fingerprint density at radius 2 is 2.08 bits per heavy atom. The van der Waals surface area contributed by atoms with Gasteiger partial charge in [0.05, 0.1) is 12.8 Å². The molecule has 1 aliphatic heterocycles. The first-order valence-electron chi connectivity index (χ1n) is 8.65. The molecule has 0 aliphatic carbocycles. The molecule has 1 N–H and O–H groups in total. The quantitative estimate of drug-likeness (QED) is 0.753. The van der Waals surface area contributed by atoms with Gasteiger partial charge >= 0.3 is 0 Å². The third kappa shape index (κ3) is 3.58. The number of carbonyl (C=O) groups excluding carboxylic acids is 1. The molecular formula is C18H19N5O3. The first-order valence-corrected chi connectivity index (χ1v) is 8.65. The third-order valence-corrected chi connectivity index (χ3v) is 4.28. The second-order valence-corrected chi connectivity index (χ2v) is 6.12. The van der Waals surface area contributed by atoms with Crippen LogP contribution in [0.1, 0.15) is 35.6 Å². The summed E-state index contributed by atoms with van der Waals surface area (Å²) in [5.41, 5.74) is 0.184. The van der Waals surface area contributed by atoms with Crippen LogP contribution < -0.4 is 10.2 Å². The summed E-state index contributed by atoms with van der Waals surface area (Å²) in [4.78, 5) is 23.3. The van der Waals surface area contributed by atoms with Crippen LogP contribution in [0.4, 0.5) is 5.82 Å². The van der Waals surface area contributed by atoms with Gasteiger partial charge in [0.25, 0.3) is 5.91 Å². The summed E-state index contributed by atoms with van der Waals surface area (Å²) in [5, 5.41) is 6.55. The van der Waals surface area contributed by atoms with Crippen molar-refractivity contribution in [3.63, 3.8) is 0 Å². The van der Waals surface area contributed by atoms with E-state index in [0.29, 0.717) is 17.3 Å². The van der Waals surface area contributed by atoms with Gasteiger partial charge in [-0.1, -0.05) is 5.16 Å². The Hall–Kier alpha value is -3.16. The molecular weight excluding hydrogens is 334 g/mol. The topological polar surface area (TPSA) is 97.3 Å². The molecule has 8 heteroatoms. The van der Waals surface area contributed by atoms with Crippen LogP contribution in [0.15, 0.2) is 45.7 Å². The van der Waals surface area contributed by atoms with Gasteiger partial charge in [-0.05, 0) is 37.5 Å². The van der Waals surface area contributed by atoms with Crippen molar-refractivity contribution in [3.8, 4) is 11.5 Å². The van der Waals surface area contributed by atoms with E-state index in [1.807, 2.05) is 6.07 Å². The van der Waals surface area contributed by atoms with E-state index in [9.17, 15) is 4.79 Å². The maximum atomic E-state index is 12.3. The second kappa shape index (κ2) is 7.38. The number of hydrogen-bond donors (Lipinski definition) is 1. The minimum absolute atomic E-state index is 0.184. The summed E-state index contributed by atoms with van der Waals surface area (Å²) in [6, 6.07) is 6.93. The first-order chi connectivity index (χ1) is 12.8. The number of rotatable bonds is 5. The summed E-state index contributed by atoms with van der Waals surface area (Å²) in [6.07, 6.45) is 6.89. The lowest BCUT2D eigenvalue weighted by Gasteiger charge is -2.27. The normalized spacial score (nSPS) is 14.4. The zero-order valence-corrected chi connectivity index (χ0v) is 14.2. The van der Waals surface area contributed by atoms with Crippen LogP contribution in [0.2, 0.25) is 0 Å². The van der Waals surface area contributed by atoms with E-state index in [-0.39, 0.29) is 18.1 Å². The molecule has 4 heterocycles. The minimum atomic E-state index is -0.349. The fourth-order valence-corrected chi connectivity index (χ4v) is 2.94. The first kappa shape index (κ1) is 16.3. The van der Waals surface area contributed by atoms with Crippen molar-refractivity contribution in [3.05, 3.63) is 48.2 Å². The van der Waals surface area contributed by atoms with Crippen LogP contribution in [0.3, 0.4) is 0 Å². The fraction of sp³-hybridized carbons (Fsp3) is 0.333. The molecule has 0 saturated carbocycles. The maximum Gasteiger partial charge on any atom is 0.273 e. The number of furan rings is 1. The highest BCUT2D eigenvalue weighted by Gasteiger charge is 2.16. The van der Waals surface area contributed by atoms with Crippen molar-refractivity contribution in [1.82, 2.24) is 20.4 Å². The Balaban J connectivity index is 1.38. The van der Waals surface area contributed by atoms with Crippen molar-refractivity contribution in [1.29, 1.82) is 0 Å². The van der Waals surface area contributed by atoms with Crippen LogP contribution in [-0.2, 0) is 6.54 Å². The van der Waals surface area contributed by atoms with Gasteiger partial charge in [-0.2, -0.15) is 0 Å². The SMILES string of the molecule is O=C(NCc1nccc(N2CCCCC2)n1)c1cc(-c2ccco2)on1. The van der Waals surface area contributed by atoms with Gasteiger partial charge in [0.15, 0.2) is 11.5 Å². The monoisotopic (exact) mass is 353 g/mol. The van der Waals surface area contributed by atoms with Gasteiger partial charge in [-0.25, -0.2) is 9.97 Å². The lowest BCUT2D eigenvalue weighted by molar-refractivity contribution is 0.0941. The number of hydrogen-bond acceptors (Lipinski definition) is 7. The summed E-state index contributed by atoms with van der Waals surface area (Å²) >= 11 is 0. The van der Waals surface area contributed by atoms with E-state index < -0.39 is 0 Å². The molecule has 1 fully saturated rings. The lowest BCUT2D eigenvalue weighted by Crippen LogP contribution is -2.31. The largest absolute Gasteiger partial charge is 0.461 e. The van der Waals surface area contributed by atoms with Gasteiger partial charge in [-0.15, -0.1) is 0 Å². The van der Waals surface area contributed by atoms with Crippen molar-refractivity contribution < 1.29 is 13.7 Å². The van der Waals surface area contributed by atoms with Crippen molar-refractivity contribution in [2.45, 2.75) is 25.8 Å². The molecule has 0 unspecified atom stereocenters. The molecule has 134 valence electrons. The summed E-state index contributed by atoms with van der Waals surface area (Å²) in [6.45, 7) is 2.25. The van der Waals surface area contributed by atoms with Gasteiger partial charge in [0, 0.05) is 25.4 Å². The Morgan fingerprint density at radius 3 is 2.88 bits per heavy atom. The molecule has 4 rings (SSSR count). The van der Waals surface area contributed by atoms with Crippen LogP contribution in [-0.4, -0.2) is 34.1 Å². The molecule has 0 radical (unpaired) electrons. The van der Waals surface area contributed by atoms with E-state index in [4.69, 9.17) is 8.94 Å². The zero-order chi connectivity index (χ0) is 17.8.